The second-order valence-corrected chi connectivity index (χ2v) is 13.1. The lowest BCUT2D eigenvalue weighted by molar-refractivity contribution is 0.475. The van der Waals surface area contributed by atoms with E-state index in [1.807, 2.05) is 32.2 Å². The number of hydrogen-bond acceptors (Lipinski definition) is 6. The Hall–Kier alpha value is -4.07. The van der Waals surface area contributed by atoms with Crippen LogP contribution in [0.1, 0.15) is 54.7 Å². The number of halogens is 4. The lowest BCUT2D eigenvalue weighted by Crippen LogP contribution is -2.12. The molecule has 0 fully saturated rings. The Labute approximate surface area is 278 Å². The zero-order valence-electron chi connectivity index (χ0n) is 25.1. The molecule has 0 aliphatic heterocycles. The van der Waals surface area contributed by atoms with Gasteiger partial charge in [-0.2, -0.15) is 5.10 Å². The summed E-state index contributed by atoms with van der Waals surface area (Å²) >= 11 is 23.9. The molecule has 2 aromatic carbocycles. The number of aromatic hydroxyl groups is 2. The van der Waals surface area contributed by atoms with Gasteiger partial charge in [-0.1, -0.05) is 78.8 Å². The normalized spacial score (nSPS) is 12.6. The van der Waals surface area contributed by atoms with Crippen LogP contribution in [-0.4, -0.2) is 39.4 Å². The van der Waals surface area contributed by atoms with Gasteiger partial charge < -0.3 is 15.1 Å². The van der Waals surface area contributed by atoms with E-state index in [1.165, 1.54) is 4.52 Å². The summed E-state index contributed by atoms with van der Waals surface area (Å²) in [6.07, 6.45) is 5.71. The summed E-state index contributed by atoms with van der Waals surface area (Å²) < 4.78 is 3.33. The molecule has 230 valence electrons. The van der Waals surface area contributed by atoms with Gasteiger partial charge in [0.2, 0.25) is 5.65 Å². The molecule has 0 radical (unpaired) electrons. The number of rotatable bonds is 2. The first-order valence-corrected chi connectivity index (χ1v) is 15.1. The third-order valence-corrected chi connectivity index (χ3v) is 8.18. The fraction of sp³-hybridized carbons (Fsp3) is 0.219. The number of hydrogen-bond donors (Lipinski definition) is 2. The van der Waals surface area contributed by atoms with Gasteiger partial charge in [-0.25, -0.2) is 14.5 Å². The number of aryl methyl sites for hydroxylation is 3. The highest BCUT2D eigenvalue weighted by Crippen LogP contribution is 2.34. The summed E-state index contributed by atoms with van der Waals surface area (Å²) in [5.41, 5.74) is 6.10. The lowest BCUT2D eigenvalue weighted by Gasteiger charge is -2.13. The third kappa shape index (κ3) is 6.24. The highest BCUT2D eigenvalue weighted by atomic mass is 35.5. The molecule has 4 aromatic heterocycles. The zero-order chi connectivity index (χ0) is 33.0. The molecule has 0 atom stereocenters. The predicted octanol–water partition coefficient (Wildman–Crippen LogP) is 7.35. The fourth-order valence-electron chi connectivity index (χ4n) is 4.65. The van der Waals surface area contributed by atoms with E-state index in [2.05, 4.69) is 40.8 Å². The van der Waals surface area contributed by atoms with Crippen LogP contribution in [0.15, 0.2) is 30.5 Å². The number of phenolic OH excluding ortho intramolecular Hbond substituents is 2. The van der Waals surface area contributed by atoms with Crippen molar-refractivity contribution < 1.29 is 10.2 Å². The van der Waals surface area contributed by atoms with Crippen LogP contribution in [0.3, 0.4) is 0 Å². The van der Waals surface area contributed by atoms with E-state index >= 15 is 0 Å². The molecule has 0 aliphatic carbocycles. The number of imidazole rings is 2. The maximum atomic E-state index is 9.67. The topological polar surface area (TPSA) is 105 Å². The van der Waals surface area contributed by atoms with E-state index in [9.17, 15) is 10.2 Å². The molecule has 6 rings (SSSR count). The van der Waals surface area contributed by atoms with Crippen LogP contribution in [0.5, 0.6) is 11.5 Å². The minimum absolute atomic E-state index is 0.0446. The molecule has 0 spiro atoms. The SMILES string of the molecule is Cc1nn2cc(C(C)(C)C)nc2/c1=C\c1cc(Cl)c(O)c(Cl)c1.[C-]#[N+]c1c(C)nc2/c(=C\c3cc(Cl)c(O)c(Cl)c3)c(C)nn12. The number of fused-ring (bicyclic) bond motifs is 2. The van der Waals surface area contributed by atoms with Crippen molar-refractivity contribution in [1.29, 1.82) is 0 Å². The van der Waals surface area contributed by atoms with Crippen LogP contribution in [-0.2, 0) is 5.41 Å². The van der Waals surface area contributed by atoms with Crippen molar-refractivity contribution >= 4 is 75.7 Å². The van der Waals surface area contributed by atoms with E-state index in [4.69, 9.17) is 58.0 Å². The van der Waals surface area contributed by atoms with Crippen molar-refractivity contribution in [3.8, 4) is 11.5 Å². The van der Waals surface area contributed by atoms with Crippen LogP contribution in [0.25, 0.3) is 28.3 Å². The van der Waals surface area contributed by atoms with Crippen molar-refractivity contribution in [1.82, 2.24) is 29.2 Å². The molecular weight excluding hydrogens is 656 g/mol. The molecule has 0 saturated carbocycles. The van der Waals surface area contributed by atoms with Gasteiger partial charge in [0, 0.05) is 10.6 Å². The number of benzene rings is 2. The molecule has 13 heteroatoms. The van der Waals surface area contributed by atoms with E-state index in [0.29, 0.717) is 17.2 Å². The molecule has 4 heterocycles. The summed E-state index contributed by atoms with van der Waals surface area (Å²) in [5.74, 6) is 0.151. The summed E-state index contributed by atoms with van der Waals surface area (Å²) in [7, 11) is 0. The van der Waals surface area contributed by atoms with Crippen molar-refractivity contribution in [3.63, 3.8) is 0 Å². The second kappa shape index (κ2) is 12.0. The standard InChI is InChI=1S/C17H17Cl2N3O.C15H10Cl2N4O/c1-9-11(5-10-6-12(18)15(23)13(19)7-10)16-20-14(17(2,3)4)8-22(16)21-9;1-7-10(4-9-5-11(16)13(22)12(17)6-9)15-19-8(2)14(18-3)21(15)20-7/h5-8,23H,1-4H3;4-6,22H,1-2H3/b11-5-;10-4-. The van der Waals surface area contributed by atoms with Crippen LogP contribution in [0.4, 0.5) is 5.82 Å². The molecule has 0 unspecified atom stereocenters. The summed E-state index contributed by atoms with van der Waals surface area (Å²) in [6, 6.07) is 6.55. The smallest absolute Gasteiger partial charge is 0.278 e. The summed E-state index contributed by atoms with van der Waals surface area (Å²) in [4.78, 5) is 12.6. The van der Waals surface area contributed by atoms with Gasteiger partial charge >= 0.3 is 0 Å². The Kier molecular flexibility index (Phi) is 8.64. The minimum atomic E-state index is -0.144. The van der Waals surface area contributed by atoms with E-state index in [0.717, 1.165) is 44.3 Å². The lowest BCUT2D eigenvalue weighted by atomic mass is 9.93. The molecule has 0 aliphatic rings. The maximum absolute atomic E-state index is 9.67. The van der Waals surface area contributed by atoms with Crippen LogP contribution >= 0.6 is 46.4 Å². The van der Waals surface area contributed by atoms with E-state index in [1.54, 1.807) is 35.7 Å². The van der Waals surface area contributed by atoms with Crippen LogP contribution in [0, 0.1) is 27.3 Å². The Bertz CT molecular complexity index is 2230. The molecule has 0 bridgehead atoms. The zero-order valence-corrected chi connectivity index (χ0v) is 28.1. The van der Waals surface area contributed by atoms with Crippen molar-refractivity contribution in [2.45, 2.75) is 47.0 Å². The molecule has 6 aromatic rings. The quantitative estimate of drug-likeness (QED) is 0.185. The number of nitrogens with zero attached hydrogens (tertiary/aromatic N) is 7. The molecule has 0 saturated heterocycles. The van der Waals surface area contributed by atoms with Gasteiger partial charge in [0.05, 0.1) is 54.3 Å². The van der Waals surface area contributed by atoms with Gasteiger partial charge in [0.15, 0.2) is 17.1 Å². The second-order valence-electron chi connectivity index (χ2n) is 11.5. The average Bonchev–Trinajstić information content (AvgIpc) is 3.66. The Morgan fingerprint density at radius 2 is 1.20 bits per heavy atom. The van der Waals surface area contributed by atoms with Crippen molar-refractivity contribution in [2.75, 3.05) is 0 Å². The number of aromatic nitrogens is 6. The summed E-state index contributed by atoms with van der Waals surface area (Å²) in [6.45, 7) is 19.1. The van der Waals surface area contributed by atoms with Crippen molar-refractivity contribution in [2.24, 2.45) is 0 Å². The molecule has 0 amide bonds. The van der Waals surface area contributed by atoms with Crippen molar-refractivity contribution in [3.05, 3.63) is 106 Å². The predicted molar refractivity (Wildman–Crippen MR) is 179 cm³/mol. The number of phenols is 2. The van der Waals surface area contributed by atoms with E-state index in [-0.39, 0.29) is 37.0 Å². The van der Waals surface area contributed by atoms with Crippen LogP contribution < -0.4 is 10.4 Å². The first-order valence-electron chi connectivity index (χ1n) is 13.6. The Balaban J connectivity index is 0.000000178. The monoisotopic (exact) mass is 681 g/mol. The largest absolute Gasteiger partial charge is 0.505 e. The van der Waals surface area contributed by atoms with Crippen LogP contribution in [0.2, 0.25) is 20.1 Å². The minimum Gasteiger partial charge on any atom is -0.505 e. The molecule has 2 N–H and O–H groups in total. The highest BCUT2D eigenvalue weighted by Gasteiger charge is 2.20. The summed E-state index contributed by atoms with van der Waals surface area (Å²) in [5, 5.41) is 30.6. The molecule has 9 nitrogen and oxygen atoms in total. The van der Waals surface area contributed by atoms with Gasteiger partial charge in [-0.05, 0) is 68.3 Å². The fourth-order valence-corrected chi connectivity index (χ4v) is 5.66. The molecular formula is C32H27Cl4N7O2. The van der Waals surface area contributed by atoms with Gasteiger partial charge in [-0.15, -0.1) is 4.52 Å². The highest BCUT2D eigenvalue weighted by molar-refractivity contribution is 6.37. The average molecular weight is 683 g/mol. The van der Waals surface area contributed by atoms with Gasteiger partial charge in [0.1, 0.15) is 0 Å². The van der Waals surface area contributed by atoms with Gasteiger partial charge in [0.25, 0.3) is 5.82 Å². The molecule has 45 heavy (non-hydrogen) atoms. The first kappa shape index (κ1) is 32.3. The van der Waals surface area contributed by atoms with Gasteiger partial charge in [-0.3, -0.25) is 0 Å². The Morgan fingerprint density at radius 1 is 0.733 bits per heavy atom. The first-order chi connectivity index (χ1) is 21.1. The Morgan fingerprint density at radius 3 is 1.67 bits per heavy atom. The maximum Gasteiger partial charge on any atom is 0.278 e. The van der Waals surface area contributed by atoms with E-state index < -0.39 is 0 Å². The third-order valence-electron chi connectivity index (χ3n) is 7.03.